The Kier molecular flexibility index (Phi) is 5.45. The molecule has 0 radical (unpaired) electrons. The third-order valence-corrected chi connectivity index (χ3v) is 3.75. The maximum atomic E-state index is 13.4. The zero-order valence-corrected chi connectivity index (χ0v) is 11.7. The minimum Gasteiger partial charge on any atom is -0.494 e. The van der Waals surface area contributed by atoms with Crippen LogP contribution in [0.25, 0.3) is 0 Å². The van der Waals surface area contributed by atoms with E-state index in [-0.39, 0.29) is 5.82 Å². The van der Waals surface area contributed by atoms with Crippen LogP contribution in [-0.4, -0.2) is 12.4 Å². The van der Waals surface area contributed by atoms with Crippen molar-refractivity contribution in [3.8, 4) is 11.8 Å². The zero-order chi connectivity index (χ0) is 14.2. The van der Waals surface area contributed by atoms with Gasteiger partial charge in [-0.1, -0.05) is 18.2 Å². The normalized spacial score (nSPS) is 10.0. The molecule has 0 N–H and O–H groups in total. The van der Waals surface area contributed by atoms with E-state index >= 15 is 0 Å². The van der Waals surface area contributed by atoms with Crippen LogP contribution >= 0.6 is 11.8 Å². The Morgan fingerprint density at radius 1 is 1.15 bits per heavy atom. The molecule has 0 bridgehead atoms. The smallest absolute Gasteiger partial charge is 0.136 e. The minimum absolute atomic E-state index is 0.180. The van der Waals surface area contributed by atoms with Gasteiger partial charge in [-0.2, -0.15) is 5.26 Å². The lowest BCUT2D eigenvalue weighted by Crippen LogP contribution is -1.99. The Morgan fingerprint density at radius 3 is 2.80 bits per heavy atom. The van der Waals surface area contributed by atoms with Crippen molar-refractivity contribution in [3.05, 3.63) is 59.9 Å². The summed E-state index contributed by atoms with van der Waals surface area (Å²) in [4.78, 5) is 0.666. The van der Waals surface area contributed by atoms with Crippen molar-refractivity contribution in [2.24, 2.45) is 0 Å². The van der Waals surface area contributed by atoms with E-state index in [0.29, 0.717) is 22.8 Å². The van der Waals surface area contributed by atoms with Crippen molar-refractivity contribution >= 4 is 11.8 Å². The van der Waals surface area contributed by atoms with Gasteiger partial charge in [-0.15, -0.1) is 11.8 Å². The van der Waals surface area contributed by atoms with Crippen molar-refractivity contribution in [1.82, 2.24) is 0 Å². The average Bonchev–Trinajstić information content (AvgIpc) is 2.49. The molecule has 0 aliphatic carbocycles. The molecule has 0 spiro atoms. The molecule has 2 rings (SSSR count). The minimum atomic E-state index is -0.180. The second kappa shape index (κ2) is 7.56. The van der Waals surface area contributed by atoms with Gasteiger partial charge in [0.05, 0.1) is 18.2 Å². The summed E-state index contributed by atoms with van der Waals surface area (Å²) in [5.74, 6) is 1.30. The number of rotatable bonds is 6. The van der Waals surface area contributed by atoms with E-state index in [4.69, 9.17) is 10.00 Å². The summed E-state index contributed by atoms with van der Waals surface area (Å²) in [6.07, 6.45) is 0.815. The zero-order valence-electron chi connectivity index (χ0n) is 10.9. The molecule has 2 aromatic carbocycles. The van der Waals surface area contributed by atoms with Crippen LogP contribution in [0.3, 0.4) is 0 Å². The van der Waals surface area contributed by atoms with E-state index in [9.17, 15) is 4.39 Å². The molecular weight excluding hydrogens is 273 g/mol. The number of ether oxygens (including phenoxy) is 1. The van der Waals surface area contributed by atoms with E-state index in [2.05, 4.69) is 6.07 Å². The van der Waals surface area contributed by atoms with Crippen LogP contribution < -0.4 is 4.74 Å². The predicted molar refractivity (Wildman–Crippen MR) is 78.4 cm³/mol. The van der Waals surface area contributed by atoms with Gasteiger partial charge < -0.3 is 4.74 Å². The number of hydrogen-bond acceptors (Lipinski definition) is 3. The molecule has 0 aliphatic rings. The topological polar surface area (TPSA) is 33.0 Å². The lowest BCUT2D eigenvalue weighted by molar-refractivity contribution is 0.318. The number of thioether (sulfide) groups is 1. The van der Waals surface area contributed by atoms with Crippen LogP contribution in [0.1, 0.15) is 12.0 Å². The molecular formula is C16H14FNOS. The first-order chi connectivity index (χ1) is 9.79. The van der Waals surface area contributed by atoms with Crippen molar-refractivity contribution in [2.75, 3.05) is 12.4 Å². The van der Waals surface area contributed by atoms with Gasteiger partial charge >= 0.3 is 0 Å². The first-order valence-electron chi connectivity index (χ1n) is 6.30. The van der Waals surface area contributed by atoms with E-state index in [0.717, 1.165) is 12.2 Å². The van der Waals surface area contributed by atoms with Crippen LogP contribution in [0.15, 0.2) is 53.4 Å². The molecule has 20 heavy (non-hydrogen) atoms. The van der Waals surface area contributed by atoms with Crippen molar-refractivity contribution in [1.29, 1.82) is 5.26 Å². The number of hydrogen-bond donors (Lipinski definition) is 0. The monoisotopic (exact) mass is 287 g/mol. The van der Waals surface area contributed by atoms with Gasteiger partial charge in [0.1, 0.15) is 11.6 Å². The first-order valence-corrected chi connectivity index (χ1v) is 7.28. The summed E-state index contributed by atoms with van der Waals surface area (Å²) >= 11 is 1.48. The van der Waals surface area contributed by atoms with E-state index in [1.807, 2.05) is 12.1 Å². The molecule has 2 nitrogen and oxygen atoms in total. The standard InChI is InChI=1S/C16H14FNOS/c17-15-7-1-2-8-16(15)20-10-4-9-19-14-6-3-5-13(11-14)12-18/h1-3,5-8,11H,4,9-10H2. The van der Waals surface area contributed by atoms with Crippen LogP contribution in [-0.2, 0) is 0 Å². The Balaban J connectivity index is 1.72. The van der Waals surface area contributed by atoms with Gasteiger partial charge in [0.2, 0.25) is 0 Å². The molecule has 0 saturated carbocycles. The Labute approximate surface area is 122 Å². The second-order valence-electron chi connectivity index (χ2n) is 4.12. The van der Waals surface area contributed by atoms with Gasteiger partial charge in [0.25, 0.3) is 0 Å². The molecule has 0 aromatic heterocycles. The number of benzene rings is 2. The van der Waals surface area contributed by atoms with E-state index in [1.54, 1.807) is 30.3 Å². The maximum absolute atomic E-state index is 13.4. The maximum Gasteiger partial charge on any atom is 0.136 e. The molecule has 0 fully saturated rings. The fourth-order valence-corrected chi connectivity index (χ4v) is 2.51. The van der Waals surface area contributed by atoms with E-state index < -0.39 is 0 Å². The second-order valence-corrected chi connectivity index (χ2v) is 5.26. The largest absolute Gasteiger partial charge is 0.494 e. The first kappa shape index (κ1) is 14.4. The highest BCUT2D eigenvalue weighted by Gasteiger charge is 2.01. The SMILES string of the molecule is N#Cc1cccc(OCCCSc2ccccc2F)c1. The average molecular weight is 287 g/mol. The number of nitriles is 1. The third-order valence-electron chi connectivity index (χ3n) is 2.61. The lowest BCUT2D eigenvalue weighted by Gasteiger charge is -2.06. The Bertz CT molecular complexity index is 609. The van der Waals surface area contributed by atoms with Gasteiger partial charge in [-0.25, -0.2) is 4.39 Å². The summed E-state index contributed by atoms with van der Waals surface area (Å²) in [5.41, 5.74) is 0.586. The molecule has 0 atom stereocenters. The Hall–Kier alpha value is -1.99. The molecule has 102 valence electrons. The quantitative estimate of drug-likeness (QED) is 0.588. The van der Waals surface area contributed by atoms with Crippen LogP contribution in [0.4, 0.5) is 4.39 Å². The van der Waals surface area contributed by atoms with Gasteiger partial charge in [0, 0.05) is 10.6 Å². The van der Waals surface area contributed by atoms with Crippen LogP contribution in [0.2, 0.25) is 0 Å². The van der Waals surface area contributed by atoms with Crippen molar-refractivity contribution < 1.29 is 9.13 Å². The van der Waals surface area contributed by atoms with E-state index in [1.165, 1.54) is 17.8 Å². The number of halogens is 1. The molecule has 0 amide bonds. The van der Waals surface area contributed by atoms with Crippen LogP contribution in [0.5, 0.6) is 5.75 Å². The fraction of sp³-hybridized carbons (Fsp3) is 0.188. The number of nitrogens with zero attached hydrogens (tertiary/aromatic N) is 1. The third kappa shape index (κ3) is 4.29. The summed E-state index contributed by atoms with van der Waals surface area (Å²) in [6.45, 7) is 0.552. The molecule has 2 aromatic rings. The molecule has 0 unspecified atom stereocenters. The van der Waals surface area contributed by atoms with Gasteiger partial charge in [-0.05, 0) is 36.8 Å². The summed E-state index contributed by atoms with van der Waals surface area (Å²) in [6, 6.07) is 15.9. The molecule has 0 heterocycles. The van der Waals surface area contributed by atoms with Gasteiger partial charge in [0.15, 0.2) is 0 Å². The summed E-state index contributed by atoms with van der Waals surface area (Å²) < 4.78 is 18.9. The summed E-state index contributed by atoms with van der Waals surface area (Å²) in [7, 11) is 0. The molecule has 0 aliphatic heterocycles. The summed E-state index contributed by atoms with van der Waals surface area (Å²) in [5, 5.41) is 8.78. The van der Waals surface area contributed by atoms with Crippen molar-refractivity contribution in [3.63, 3.8) is 0 Å². The molecule has 4 heteroatoms. The predicted octanol–water partition coefficient (Wildman–Crippen LogP) is 4.26. The highest BCUT2D eigenvalue weighted by molar-refractivity contribution is 7.99. The van der Waals surface area contributed by atoms with Gasteiger partial charge in [-0.3, -0.25) is 0 Å². The highest BCUT2D eigenvalue weighted by atomic mass is 32.2. The highest BCUT2D eigenvalue weighted by Crippen LogP contribution is 2.22. The van der Waals surface area contributed by atoms with Crippen LogP contribution in [0, 0.1) is 17.1 Å². The lowest BCUT2D eigenvalue weighted by atomic mass is 10.2. The molecule has 0 saturated heterocycles. The van der Waals surface area contributed by atoms with Crippen molar-refractivity contribution in [2.45, 2.75) is 11.3 Å². The fourth-order valence-electron chi connectivity index (χ4n) is 1.65. The Morgan fingerprint density at radius 2 is 2.00 bits per heavy atom.